The molecule has 57 heavy (non-hydrogen) atoms. The molecule has 2 aromatic rings. The fourth-order valence-corrected chi connectivity index (χ4v) is 8.23. The Kier molecular flexibility index (Phi) is 16.4. The predicted molar refractivity (Wildman–Crippen MR) is 178 cm³/mol. The van der Waals surface area contributed by atoms with Crippen molar-refractivity contribution in [1.82, 2.24) is 30.2 Å². The molecule has 0 aromatic carbocycles. The summed E-state index contributed by atoms with van der Waals surface area (Å²) < 4.78 is 60.3. The minimum Gasteiger partial charge on any atom is -0.790 e. The number of amides is 2. The van der Waals surface area contributed by atoms with E-state index in [0.717, 1.165) is 38.0 Å². The summed E-state index contributed by atoms with van der Waals surface area (Å²) in [6, 6.07) is 0. The van der Waals surface area contributed by atoms with E-state index in [-0.39, 0.29) is 42.2 Å². The number of aliphatic carboxylic acids is 1. The van der Waals surface area contributed by atoms with E-state index in [4.69, 9.17) is 10.5 Å². The van der Waals surface area contributed by atoms with Gasteiger partial charge in [-0.05, 0) is 6.92 Å². The predicted octanol–water partition coefficient (Wildman–Crippen LogP) is -5.97. The van der Waals surface area contributed by atoms with Crippen LogP contribution in [0.25, 0.3) is 11.2 Å². The quantitative estimate of drug-likeness (QED) is 0.0473. The van der Waals surface area contributed by atoms with Crippen LogP contribution in [0.3, 0.4) is 0 Å². The van der Waals surface area contributed by atoms with Gasteiger partial charge in [-0.3, -0.25) is 28.1 Å². The number of aliphatic hydroxyl groups is 3. The van der Waals surface area contributed by atoms with Crippen LogP contribution in [0.2, 0.25) is 0 Å². The lowest BCUT2D eigenvalue weighted by atomic mass is 9.87. The molecule has 8 atom stereocenters. The molecule has 1 aliphatic heterocycles. The fraction of sp³-hybridized carbons (Fsp3) is 0.654. The molecule has 1 aliphatic rings. The highest BCUT2D eigenvalue weighted by Crippen LogP contribution is 2.56. The van der Waals surface area contributed by atoms with Crippen molar-refractivity contribution in [3.63, 3.8) is 0 Å². The molecule has 31 heteroatoms. The number of hydrogen-bond acceptors (Lipinski definition) is 25. The summed E-state index contributed by atoms with van der Waals surface area (Å²) in [5.41, 5.74) is 1.61. The highest BCUT2D eigenvalue weighted by atomic mass is 32.2. The van der Waals surface area contributed by atoms with Gasteiger partial charge >= 0.3 is 0 Å². The summed E-state index contributed by atoms with van der Waals surface area (Å²) >= 11 is 0.652. The van der Waals surface area contributed by atoms with Crippen molar-refractivity contribution in [1.29, 1.82) is 0 Å². The molecule has 3 rings (SSSR count). The van der Waals surface area contributed by atoms with Crippen LogP contribution in [0.5, 0.6) is 0 Å². The first kappa shape index (κ1) is 48.4. The Morgan fingerprint density at radius 2 is 1.70 bits per heavy atom. The summed E-state index contributed by atoms with van der Waals surface area (Å²) in [6.45, 7) is 0.484. The Morgan fingerprint density at radius 1 is 1.05 bits per heavy atom. The van der Waals surface area contributed by atoms with Gasteiger partial charge in [0.15, 0.2) is 22.8 Å². The number of nitrogens with one attached hydrogen (secondary N) is 2. The van der Waals surface area contributed by atoms with Gasteiger partial charge in [0.1, 0.15) is 41.9 Å². The number of fused-ring (bicyclic) bond motifs is 1. The molecule has 2 aromatic heterocycles. The molecule has 3 unspecified atom stereocenters. The number of nitrogen functional groups attached to an aromatic ring is 1. The van der Waals surface area contributed by atoms with Gasteiger partial charge in [-0.1, -0.05) is 25.6 Å². The zero-order valence-corrected chi connectivity index (χ0v) is 33.4. The Bertz CT molecular complexity index is 1930. The Balaban J connectivity index is 1.48. The number of nitrogens with zero attached hydrogens (tertiary/aromatic N) is 4. The first-order valence-corrected chi connectivity index (χ1v) is 21.4. The number of carboxylic acids is 1. The number of nitrogens with two attached hydrogens (primary N) is 1. The lowest BCUT2D eigenvalue weighted by molar-refractivity contribution is -0.347. The monoisotopic (exact) mass is 892 g/mol. The molecule has 3 heterocycles. The van der Waals surface area contributed by atoms with Crippen molar-refractivity contribution in [3.05, 3.63) is 12.7 Å². The molecule has 322 valence electrons. The third-order valence-electron chi connectivity index (χ3n) is 7.67. The minimum atomic E-state index is -5.95. The fourth-order valence-electron chi connectivity index (χ4n) is 4.68. The average molecular weight is 893 g/mol. The smallest absolute Gasteiger partial charge is 0.274 e. The average Bonchev–Trinajstić information content (AvgIpc) is 3.64. The summed E-state index contributed by atoms with van der Waals surface area (Å²) in [5, 5.41) is 45.6. The van der Waals surface area contributed by atoms with Gasteiger partial charge < -0.3 is 84.0 Å². The van der Waals surface area contributed by atoms with Crippen molar-refractivity contribution in [2.75, 3.05) is 37.8 Å². The van der Waals surface area contributed by atoms with Crippen molar-refractivity contribution < 1.29 is 95.5 Å². The van der Waals surface area contributed by atoms with Crippen LogP contribution < -0.4 is 41.0 Å². The normalized spacial score (nSPS) is 22.6. The van der Waals surface area contributed by atoms with Crippen LogP contribution >= 0.6 is 35.2 Å². The van der Waals surface area contributed by atoms with Gasteiger partial charge in [-0.15, -0.1) is 0 Å². The third-order valence-corrected chi connectivity index (χ3v) is 11.6. The van der Waals surface area contributed by atoms with Crippen molar-refractivity contribution >= 4 is 75.1 Å². The maximum Gasteiger partial charge on any atom is 0.274 e. The number of carbonyl (C=O) groups excluding carboxylic acids is 4. The SMILES string of the molecule is CC(O)(CC(=O)SCCNC(=O)CCNC(=O)[C@H](O)C(C)(C)COP(=O)([O-])OP(=O)([O-])OC[C@H]1O[C@@H](n2cnc3c(N)ncnc32)[C@H](O)[C@@H]1OP(=O)([O-])[O-])C(=O)[O-]. The summed E-state index contributed by atoms with van der Waals surface area (Å²) in [6.07, 6.45) is -8.62. The van der Waals surface area contributed by atoms with Gasteiger partial charge in [0.25, 0.3) is 15.6 Å². The number of rotatable bonds is 22. The topological polar surface area (TPSA) is 435 Å². The van der Waals surface area contributed by atoms with Crippen LogP contribution in [0.1, 0.15) is 39.8 Å². The lowest BCUT2D eigenvalue weighted by Gasteiger charge is -2.36. The second-order valence-electron chi connectivity index (χ2n) is 12.9. The molecule has 27 nitrogen and oxygen atoms in total. The van der Waals surface area contributed by atoms with E-state index in [2.05, 4.69) is 43.5 Å². The first-order chi connectivity index (χ1) is 26.1. The van der Waals surface area contributed by atoms with E-state index in [0.29, 0.717) is 11.8 Å². The van der Waals surface area contributed by atoms with Crippen LogP contribution in [-0.4, -0.2) is 120 Å². The summed E-state index contributed by atoms with van der Waals surface area (Å²) in [7, 11) is -17.7. The molecule has 0 aliphatic carbocycles. The van der Waals surface area contributed by atoms with Crippen molar-refractivity contribution in [2.45, 2.75) is 69.9 Å². The van der Waals surface area contributed by atoms with Gasteiger partial charge in [0, 0.05) is 30.7 Å². The zero-order chi connectivity index (χ0) is 43.1. The number of carboxylic acid groups (broad SMARTS) is 1. The summed E-state index contributed by atoms with van der Waals surface area (Å²) in [4.78, 5) is 106. The molecule has 0 bridgehead atoms. The molecule has 0 radical (unpaired) electrons. The Morgan fingerprint density at radius 3 is 2.33 bits per heavy atom. The van der Waals surface area contributed by atoms with Crippen molar-refractivity contribution in [2.24, 2.45) is 5.41 Å². The maximum atomic E-state index is 12.5. The highest BCUT2D eigenvalue weighted by molar-refractivity contribution is 8.13. The zero-order valence-electron chi connectivity index (χ0n) is 29.9. The van der Waals surface area contributed by atoms with Gasteiger partial charge in [-0.25, -0.2) is 19.3 Å². The number of phosphoric acid groups is 3. The molecule has 0 saturated carbocycles. The molecular formula is C26H37N7O20P3S-5. The number of aliphatic hydroxyl groups excluding tert-OH is 2. The molecule has 1 saturated heterocycles. The maximum absolute atomic E-state index is 12.5. The number of hydrogen-bond donors (Lipinski definition) is 6. The number of aromatic nitrogens is 4. The van der Waals surface area contributed by atoms with Crippen LogP contribution in [-0.2, 0) is 55.5 Å². The number of imidazole rings is 1. The van der Waals surface area contributed by atoms with Gasteiger partial charge in [0.2, 0.25) is 11.8 Å². The molecule has 1 fully saturated rings. The number of anilines is 1. The molecule has 7 N–H and O–H groups in total. The largest absolute Gasteiger partial charge is 0.790 e. The Labute approximate surface area is 326 Å². The third kappa shape index (κ3) is 14.3. The van der Waals surface area contributed by atoms with E-state index in [1.165, 1.54) is 0 Å². The van der Waals surface area contributed by atoms with E-state index in [1.54, 1.807) is 0 Å². The standard InChI is InChI=1S/C26H42N7O20P3S/c1-25(2,19(37)22(38)29-5-4-14(34)28-6-7-57-15(35)8-26(3,41)24(39)40)10-50-56(47,48)53-55(45,46)49-9-13-18(52-54(42,43)44)17(36)23(51-13)33-12-32-16-20(27)30-11-31-21(16)33/h11-13,17-19,23,36-37,41H,4-10H2,1-3H3,(H,28,34)(H,29,38)(H,39,40)(H,45,46)(H,47,48)(H2,27,30,31)(H2,42,43,44)/p-5/t13-,17-,18-,19+,23-,26?/m1/s1. The van der Waals surface area contributed by atoms with E-state index in [1.807, 2.05) is 0 Å². The van der Waals surface area contributed by atoms with Crippen LogP contribution in [0.15, 0.2) is 12.7 Å². The second-order valence-corrected chi connectivity index (χ2v) is 18.2. The van der Waals surface area contributed by atoms with Crippen LogP contribution in [0.4, 0.5) is 5.82 Å². The van der Waals surface area contributed by atoms with E-state index in [9.17, 15) is 72.9 Å². The van der Waals surface area contributed by atoms with Gasteiger partial charge in [-0.2, -0.15) is 0 Å². The minimum absolute atomic E-state index is 0.0239. The molecular weight excluding hydrogens is 855 g/mol. The number of phosphoric ester groups is 3. The highest BCUT2D eigenvalue weighted by Gasteiger charge is 2.47. The van der Waals surface area contributed by atoms with E-state index < -0.39 is 108 Å². The summed E-state index contributed by atoms with van der Waals surface area (Å²) in [5.74, 6) is -3.58. The molecule has 0 spiro atoms. The molecule has 2 amide bonds. The number of ether oxygens (including phenoxy) is 1. The van der Waals surface area contributed by atoms with E-state index >= 15 is 0 Å². The van der Waals surface area contributed by atoms with Crippen molar-refractivity contribution in [3.8, 4) is 0 Å². The number of carbonyl (C=O) groups is 4. The second kappa shape index (κ2) is 19.4. The van der Waals surface area contributed by atoms with Gasteiger partial charge in [0.05, 0.1) is 39.8 Å². The number of thioether (sulfide) groups is 1. The Hall–Kier alpha value is -3.01. The first-order valence-electron chi connectivity index (χ1n) is 16.1. The van der Waals surface area contributed by atoms with Crippen LogP contribution in [0, 0.1) is 5.41 Å². The lowest BCUT2D eigenvalue weighted by Crippen LogP contribution is -2.47.